The van der Waals surface area contributed by atoms with E-state index in [-0.39, 0.29) is 17.1 Å². The molecule has 2 aromatic rings. The zero-order chi connectivity index (χ0) is 15.2. The molecule has 0 atom stereocenters. The van der Waals surface area contributed by atoms with E-state index in [0.29, 0.717) is 0 Å². The number of benzene rings is 2. The Bertz CT molecular complexity index is 631. The summed E-state index contributed by atoms with van der Waals surface area (Å²) in [6.45, 7) is 0. The third-order valence-corrected chi connectivity index (χ3v) is 2.81. The van der Waals surface area contributed by atoms with Crippen molar-refractivity contribution in [2.24, 2.45) is 0 Å². The Morgan fingerprint density at radius 3 is 2.24 bits per heavy atom. The van der Waals surface area contributed by atoms with E-state index < -0.39 is 17.7 Å². The van der Waals surface area contributed by atoms with E-state index >= 15 is 0 Å². The van der Waals surface area contributed by atoms with Crippen LogP contribution in [0.2, 0.25) is 0 Å². The monoisotopic (exact) mass is 307 g/mol. The summed E-state index contributed by atoms with van der Waals surface area (Å²) in [7, 11) is 0. The Morgan fingerprint density at radius 2 is 1.67 bits per heavy atom. The molecule has 0 radical (unpaired) electrons. The lowest BCUT2D eigenvalue weighted by atomic mass is 10.2. The van der Waals surface area contributed by atoms with Gasteiger partial charge in [0.2, 0.25) is 0 Å². The molecule has 0 aliphatic heterocycles. The highest BCUT2D eigenvalue weighted by Gasteiger charge is 2.21. The molecular formula is C15H11ClFNO3. The van der Waals surface area contributed by atoms with E-state index in [0.717, 1.165) is 17.2 Å². The molecule has 0 saturated carbocycles. The van der Waals surface area contributed by atoms with Crippen molar-refractivity contribution < 1.29 is 18.8 Å². The van der Waals surface area contributed by atoms with Crippen LogP contribution in [0.3, 0.4) is 0 Å². The van der Waals surface area contributed by atoms with Gasteiger partial charge in [0.25, 0.3) is 5.91 Å². The molecule has 0 bridgehead atoms. The molecule has 0 aliphatic rings. The van der Waals surface area contributed by atoms with Crippen molar-refractivity contribution in [3.8, 4) is 0 Å². The second-order valence-corrected chi connectivity index (χ2v) is 4.31. The molecule has 0 saturated heterocycles. The van der Waals surface area contributed by atoms with Crippen molar-refractivity contribution in [1.29, 1.82) is 0 Å². The smallest absolute Gasteiger partial charge is 0.328 e. The van der Waals surface area contributed by atoms with E-state index in [1.807, 2.05) is 0 Å². The van der Waals surface area contributed by atoms with Gasteiger partial charge in [-0.3, -0.25) is 4.79 Å². The second kappa shape index (κ2) is 6.85. The zero-order valence-electron chi connectivity index (χ0n) is 10.8. The van der Waals surface area contributed by atoms with Gasteiger partial charge in [0.15, 0.2) is 0 Å². The van der Waals surface area contributed by atoms with Crippen LogP contribution in [0.25, 0.3) is 0 Å². The molecule has 1 amide bonds. The zero-order valence-corrected chi connectivity index (χ0v) is 11.6. The molecule has 0 N–H and O–H groups in total. The number of carbonyl (C=O) groups excluding carboxylic acids is 2. The molecule has 0 fully saturated rings. The van der Waals surface area contributed by atoms with Crippen LogP contribution in [-0.4, -0.2) is 17.8 Å². The van der Waals surface area contributed by atoms with Gasteiger partial charge >= 0.3 is 5.97 Å². The minimum Gasteiger partial charge on any atom is -0.328 e. The fourth-order valence-corrected chi connectivity index (χ4v) is 1.70. The topological polar surface area (TPSA) is 46.6 Å². The molecule has 2 rings (SSSR count). The number of hydrogen-bond acceptors (Lipinski definition) is 3. The quantitative estimate of drug-likeness (QED) is 0.646. The van der Waals surface area contributed by atoms with Crippen LogP contribution in [0.15, 0.2) is 54.6 Å². The molecule has 108 valence electrons. The van der Waals surface area contributed by atoms with Crippen LogP contribution in [-0.2, 0) is 9.63 Å². The molecule has 0 unspecified atom stereocenters. The van der Waals surface area contributed by atoms with Gasteiger partial charge in [0.05, 0.1) is 11.3 Å². The molecule has 4 nitrogen and oxygen atoms in total. The fourth-order valence-electron chi connectivity index (χ4n) is 1.59. The SMILES string of the molecule is O=C(ON(C(=O)CCl)c1ccc(F)cc1)c1ccccc1. The molecule has 0 aromatic heterocycles. The molecule has 0 aliphatic carbocycles. The van der Waals surface area contributed by atoms with Crippen LogP contribution < -0.4 is 5.06 Å². The van der Waals surface area contributed by atoms with Gasteiger partial charge < -0.3 is 4.84 Å². The second-order valence-electron chi connectivity index (χ2n) is 4.04. The Morgan fingerprint density at radius 1 is 1.05 bits per heavy atom. The van der Waals surface area contributed by atoms with Gasteiger partial charge in [0, 0.05) is 0 Å². The number of hydroxylamine groups is 1. The lowest BCUT2D eigenvalue weighted by molar-refractivity contribution is -0.121. The first-order valence-electron chi connectivity index (χ1n) is 6.03. The third-order valence-electron chi connectivity index (χ3n) is 2.59. The number of rotatable bonds is 3. The molecule has 2 aromatic carbocycles. The Labute approximate surface area is 125 Å². The minimum atomic E-state index is -0.710. The Kier molecular flexibility index (Phi) is 4.90. The van der Waals surface area contributed by atoms with E-state index in [1.165, 1.54) is 12.1 Å². The van der Waals surface area contributed by atoms with Gasteiger partial charge in [-0.15, -0.1) is 16.7 Å². The summed E-state index contributed by atoms with van der Waals surface area (Å²) in [5.74, 6) is -2.18. The highest BCUT2D eigenvalue weighted by molar-refractivity contribution is 6.29. The molecule has 0 heterocycles. The Hall–Kier alpha value is -2.40. The normalized spacial score (nSPS) is 10.0. The van der Waals surface area contributed by atoms with E-state index in [1.54, 1.807) is 30.3 Å². The predicted molar refractivity (Wildman–Crippen MR) is 76.5 cm³/mol. The summed E-state index contributed by atoms with van der Waals surface area (Å²) in [5.41, 5.74) is 0.498. The molecule has 6 heteroatoms. The van der Waals surface area contributed by atoms with Gasteiger partial charge in [-0.05, 0) is 36.4 Å². The first-order valence-corrected chi connectivity index (χ1v) is 6.57. The maximum atomic E-state index is 12.9. The van der Waals surface area contributed by atoms with Gasteiger partial charge in [0.1, 0.15) is 11.7 Å². The average molecular weight is 308 g/mol. The number of amides is 1. The van der Waals surface area contributed by atoms with Crippen molar-refractivity contribution >= 4 is 29.2 Å². The van der Waals surface area contributed by atoms with Crippen molar-refractivity contribution in [2.75, 3.05) is 10.9 Å². The van der Waals surface area contributed by atoms with Crippen LogP contribution in [0.4, 0.5) is 10.1 Å². The lowest BCUT2D eigenvalue weighted by Gasteiger charge is -2.20. The van der Waals surface area contributed by atoms with Crippen molar-refractivity contribution in [2.45, 2.75) is 0 Å². The number of halogens is 2. The van der Waals surface area contributed by atoms with Gasteiger partial charge in [-0.25, -0.2) is 9.18 Å². The van der Waals surface area contributed by atoms with Crippen molar-refractivity contribution in [3.05, 3.63) is 66.0 Å². The maximum absolute atomic E-state index is 12.9. The molecular weight excluding hydrogens is 297 g/mol. The van der Waals surface area contributed by atoms with Crippen LogP contribution >= 0.6 is 11.6 Å². The highest BCUT2D eigenvalue weighted by Crippen LogP contribution is 2.17. The van der Waals surface area contributed by atoms with Crippen molar-refractivity contribution in [3.63, 3.8) is 0 Å². The predicted octanol–water partition coefficient (Wildman–Crippen LogP) is 3.17. The first-order chi connectivity index (χ1) is 10.1. The Balaban J connectivity index is 2.23. The lowest BCUT2D eigenvalue weighted by Crippen LogP contribution is -2.34. The highest BCUT2D eigenvalue weighted by atomic mass is 35.5. The summed E-state index contributed by atoms with van der Waals surface area (Å²) >= 11 is 5.50. The number of carbonyl (C=O) groups is 2. The van der Waals surface area contributed by atoms with Crippen LogP contribution in [0.1, 0.15) is 10.4 Å². The van der Waals surface area contributed by atoms with E-state index in [4.69, 9.17) is 16.4 Å². The number of hydrogen-bond donors (Lipinski definition) is 0. The summed E-state index contributed by atoms with van der Waals surface area (Å²) in [4.78, 5) is 28.8. The number of nitrogens with zero attached hydrogens (tertiary/aromatic N) is 1. The minimum absolute atomic E-state index is 0.214. The molecule has 0 spiro atoms. The fraction of sp³-hybridized carbons (Fsp3) is 0.0667. The largest absolute Gasteiger partial charge is 0.363 e. The number of alkyl halides is 1. The van der Waals surface area contributed by atoms with Crippen molar-refractivity contribution in [1.82, 2.24) is 0 Å². The third kappa shape index (κ3) is 3.79. The summed E-state index contributed by atoms with van der Waals surface area (Å²) in [5, 5.41) is 0.752. The maximum Gasteiger partial charge on any atom is 0.363 e. The standard InChI is InChI=1S/C15H11ClFNO3/c16-10-14(19)18(13-8-6-12(17)7-9-13)21-15(20)11-4-2-1-3-5-11/h1-9H,10H2. The van der Waals surface area contributed by atoms with Gasteiger partial charge in [-0.1, -0.05) is 18.2 Å². The molecule has 21 heavy (non-hydrogen) atoms. The number of anilines is 1. The summed E-state index contributed by atoms with van der Waals surface area (Å²) in [6, 6.07) is 13.1. The van der Waals surface area contributed by atoms with E-state index in [9.17, 15) is 14.0 Å². The van der Waals surface area contributed by atoms with Crippen LogP contribution in [0.5, 0.6) is 0 Å². The van der Waals surface area contributed by atoms with Crippen LogP contribution in [0, 0.1) is 5.82 Å². The average Bonchev–Trinajstić information content (AvgIpc) is 2.53. The summed E-state index contributed by atoms with van der Waals surface area (Å²) in [6.07, 6.45) is 0. The van der Waals surface area contributed by atoms with E-state index in [2.05, 4.69) is 0 Å². The summed E-state index contributed by atoms with van der Waals surface area (Å²) < 4.78 is 12.9. The van der Waals surface area contributed by atoms with Gasteiger partial charge in [-0.2, -0.15) is 0 Å². The first kappa shape index (κ1) is 15.0.